The van der Waals surface area contributed by atoms with Gasteiger partial charge < -0.3 is 10.6 Å². The first-order valence-corrected chi connectivity index (χ1v) is 5.70. The van der Waals surface area contributed by atoms with Gasteiger partial charge in [-0.1, -0.05) is 0 Å². The summed E-state index contributed by atoms with van der Waals surface area (Å²) in [6, 6.07) is 2.29. The van der Waals surface area contributed by atoms with E-state index in [2.05, 4.69) is 0 Å². The highest BCUT2D eigenvalue weighted by Gasteiger charge is 2.39. The van der Waals surface area contributed by atoms with E-state index < -0.39 is 23.5 Å². The lowest BCUT2D eigenvalue weighted by molar-refractivity contribution is -0.137. The van der Waals surface area contributed by atoms with Gasteiger partial charge in [0.15, 0.2) is 0 Å². The van der Waals surface area contributed by atoms with Crippen molar-refractivity contribution in [2.75, 3.05) is 18.0 Å². The summed E-state index contributed by atoms with van der Waals surface area (Å²) < 4.78 is 51.6. The van der Waals surface area contributed by atoms with Gasteiger partial charge in [0.1, 0.15) is 5.82 Å². The number of nitrogens with zero attached hydrogens (tertiary/aromatic N) is 1. The molecule has 0 aromatic heterocycles. The second kappa shape index (κ2) is 4.80. The number of alkyl halides is 3. The average molecular weight is 276 g/mol. The van der Waals surface area contributed by atoms with Crippen LogP contribution in [0.5, 0.6) is 0 Å². The molecule has 1 unspecified atom stereocenters. The number of carbonyl (C=O) groups is 1. The summed E-state index contributed by atoms with van der Waals surface area (Å²) in [5, 5.41) is 0. The van der Waals surface area contributed by atoms with Crippen LogP contribution in [0.1, 0.15) is 12.0 Å². The van der Waals surface area contributed by atoms with Crippen LogP contribution >= 0.6 is 0 Å². The first-order valence-electron chi connectivity index (χ1n) is 5.70. The van der Waals surface area contributed by atoms with E-state index in [0.29, 0.717) is 6.07 Å². The number of amides is 1. The predicted octanol–water partition coefficient (Wildman–Crippen LogP) is 2.16. The molecule has 0 bridgehead atoms. The summed E-state index contributed by atoms with van der Waals surface area (Å²) >= 11 is 0. The van der Waals surface area contributed by atoms with Gasteiger partial charge >= 0.3 is 6.18 Å². The van der Waals surface area contributed by atoms with Crippen LogP contribution in [0.2, 0.25) is 0 Å². The van der Waals surface area contributed by atoms with E-state index in [0.717, 1.165) is 17.0 Å². The van der Waals surface area contributed by atoms with E-state index in [9.17, 15) is 22.4 Å². The highest BCUT2D eigenvalue weighted by molar-refractivity contribution is 5.96. The van der Waals surface area contributed by atoms with Crippen molar-refractivity contribution in [2.45, 2.75) is 12.6 Å². The summed E-state index contributed by atoms with van der Waals surface area (Å²) in [7, 11) is 0. The van der Waals surface area contributed by atoms with Crippen LogP contribution in [-0.2, 0) is 11.0 Å². The van der Waals surface area contributed by atoms with Crippen molar-refractivity contribution in [2.24, 2.45) is 11.7 Å². The minimum atomic E-state index is -4.71. The molecule has 104 valence electrons. The molecule has 19 heavy (non-hydrogen) atoms. The second-order valence-corrected chi connectivity index (χ2v) is 4.47. The fourth-order valence-corrected chi connectivity index (χ4v) is 2.14. The summed E-state index contributed by atoms with van der Waals surface area (Å²) in [5.74, 6) is -1.58. The molecule has 0 radical (unpaired) electrons. The Morgan fingerprint density at radius 1 is 1.37 bits per heavy atom. The molecule has 3 nitrogen and oxygen atoms in total. The molecule has 0 spiro atoms. The molecule has 1 saturated heterocycles. The lowest BCUT2D eigenvalue weighted by Crippen LogP contribution is -2.28. The van der Waals surface area contributed by atoms with Crippen molar-refractivity contribution in [1.82, 2.24) is 0 Å². The van der Waals surface area contributed by atoms with Crippen LogP contribution in [0.3, 0.4) is 0 Å². The summed E-state index contributed by atoms with van der Waals surface area (Å²) in [5.41, 5.74) is 3.97. The molecule has 1 aliphatic rings. The maximum absolute atomic E-state index is 13.0. The quantitative estimate of drug-likeness (QED) is 0.841. The third-order valence-electron chi connectivity index (χ3n) is 3.09. The smallest absolute Gasteiger partial charge is 0.330 e. The molecule has 1 atom stereocenters. The molecule has 7 heteroatoms. The summed E-state index contributed by atoms with van der Waals surface area (Å²) in [4.78, 5) is 12.7. The molecule has 1 amide bonds. The SMILES string of the molecule is NCC1CC(=O)N(c2ccc(F)cc2C(F)(F)F)C1. The van der Waals surface area contributed by atoms with Gasteiger partial charge in [0.05, 0.1) is 11.3 Å². The Hall–Kier alpha value is -1.63. The van der Waals surface area contributed by atoms with E-state index in [-0.39, 0.29) is 31.1 Å². The number of hydrogen-bond acceptors (Lipinski definition) is 2. The van der Waals surface area contributed by atoms with E-state index >= 15 is 0 Å². The molecule has 2 rings (SSSR count). The maximum atomic E-state index is 13.0. The molecule has 1 aromatic rings. The van der Waals surface area contributed by atoms with Crippen LogP contribution in [0, 0.1) is 11.7 Å². The van der Waals surface area contributed by atoms with E-state index in [1.165, 1.54) is 0 Å². The van der Waals surface area contributed by atoms with E-state index in [1.54, 1.807) is 0 Å². The number of rotatable bonds is 2. The van der Waals surface area contributed by atoms with Crippen molar-refractivity contribution in [3.63, 3.8) is 0 Å². The van der Waals surface area contributed by atoms with Crippen LogP contribution in [0.15, 0.2) is 18.2 Å². The van der Waals surface area contributed by atoms with Crippen molar-refractivity contribution in [3.05, 3.63) is 29.6 Å². The Kier molecular flexibility index (Phi) is 3.49. The third kappa shape index (κ3) is 2.70. The molecule has 1 heterocycles. The van der Waals surface area contributed by atoms with E-state index in [4.69, 9.17) is 5.73 Å². The van der Waals surface area contributed by atoms with E-state index in [1.807, 2.05) is 0 Å². The largest absolute Gasteiger partial charge is 0.418 e. The summed E-state index contributed by atoms with van der Waals surface area (Å²) in [6.07, 6.45) is -4.59. The van der Waals surface area contributed by atoms with Gasteiger partial charge in [-0.15, -0.1) is 0 Å². The fourth-order valence-electron chi connectivity index (χ4n) is 2.14. The molecule has 1 aromatic carbocycles. The third-order valence-corrected chi connectivity index (χ3v) is 3.09. The predicted molar refractivity (Wildman–Crippen MR) is 60.9 cm³/mol. The zero-order valence-electron chi connectivity index (χ0n) is 9.88. The number of anilines is 1. The van der Waals surface area contributed by atoms with Gasteiger partial charge in [0.25, 0.3) is 0 Å². The van der Waals surface area contributed by atoms with Gasteiger partial charge in [0, 0.05) is 13.0 Å². The normalized spacial score (nSPS) is 20.2. The Labute approximate surface area is 107 Å². The molecule has 0 saturated carbocycles. The van der Waals surface area contributed by atoms with Crippen LogP contribution < -0.4 is 10.6 Å². The van der Waals surface area contributed by atoms with Gasteiger partial charge in [-0.25, -0.2) is 4.39 Å². The van der Waals surface area contributed by atoms with Crippen molar-refractivity contribution < 1.29 is 22.4 Å². The monoisotopic (exact) mass is 276 g/mol. The Morgan fingerprint density at radius 3 is 2.58 bits per heavy atom. The highest BCUT2D eigenvalue weighted by atomic mass is 19.4. The van der Waals surface area contributed by atoms with Crippen LogP contribution in [0.25, 0.3) is 0 Å². The Balaban J connectivity index is 2.43. The van der Waals surface area contributed by atoms with Gasteiger partial charge in [-0.3, -0.25) is 4.79 Å². The number of nitrogens with two attached hydrogens (primary N) is 1. The number of carbonyl (C=O) groups excluding carboxylic acids is 1. The zero-order chi connectivity index (χ0) is 14.2. The van der Waals surface area contributed by atoms with Crippen molar-refractivity contribution in [1.29, 1.82) is 0 Å². The van der Waals surface area contributed by atoms with Gasteiger partial charge in [-0.05, 0) is 30.7 Å². The van der Waals surface area contributed by atoms with Gasteiger partial charge in [0.2, 0.25) is 5.91 Å². The maximum Gasteiger partial charge on any atom is 0.418 e. The number of halogens is 4. The first-order chi connectivity index (χ1) is 8.82. The van der Waals surface area contributed by atoms with Crippen molar-refractivity contribution in [3.8, 4) is 0 Å². The molecule has 2 N–H and O–H groups in total. The lowest BCUT2D eigenvalue weighted by atomic mass is 10.1. The molecule has 1 aliphatic heterocycles. The topological polar surface area (TPSA) is 46.3 Å². The fraction of sp³-hybridized carbons (Fsp3) is 0.417. The lowest BCUT2D eigenvalue weighted by Gasteiger charge is -2.21. The number of hydrogen-bond donors (Lipinski definition) is 1. The van der Waals surface area contributed by atoms with Crippen molar-refractivity contribution >= 4 is 11.6 Å². The molecular weight excluding hydrogens is 264 g/mol. The molecule has 1 fully saturated rings. The average Bonchev–Trinajstić information content (AvgIpc) is 2.69. The first kappa shape index (κ1) is 13.8. The standard InChI is InChI=1S/C12H12F4N2O/c13-8-1-2-10(9(4-8)12(14,15)16)18-6-7(5-17)3-11(18)19/h1-2,4,7H,3,5-6,17H2. The van der Waals surface area contributed by atoms with Gasteiger partial charge in [-0.2, -0.15) is 13.2 Å². The Morgan fingerprint density at radius 2 is 2.05 bits per heavy atom. The van der Waals surface area contributed by atoms with Crippen LogP contribution in [-0.4, -0.2) is 19.0 Å². The Bertz CT molecular complexity index is 501. The minimum Gasteiger partial charge on any atom is -0.330 e. The second-order valence-electron chi connectivity index (χ2n) is 4.47. The zero-order valence-corrected chi connectivity index (χ0v) is 9.88. The number of benzene rings is 1. The highest BCUT2D eigenvalue weighted by Crippen LogP contribution is 2.38. The summed E-state index contributed by atoms with van der Waals surface area (Å²) in [6.45, 7) is 0.356. The molecular formula is C12H12F4N2O. The van der Waals surface area contributed by atoms with Crippen LogP contribution in [0.4, 0.5) is 23.2 Å². The molecule has 0 aliphatic carbocycles. The minimum absolute atomic E-state index is 0.116.